The molecule has 0 aliphatic carbocycles. The van der Waals surface area contributed by atoms with Crippen LogP contribution in [0.5, 0.6) is 0 Å². The Hall–Kier alpha value is -2.95. The van der Waals surface area contributed by atoms with Crippen LogP contribution in [0.4, 0.5) is 5.95 Å². The molecule has 0 bridgehead atoms. The predicted molar refractivity (Wildman–Crippen MR) is 94.1 cm³/mol. The molecule has 0 unspecified atom stereocenters. The number of hydrogen-bond acceptors (Lipinski definition) is 4. The van der Waals surface area contributed by atoms with Crippen molar-refractivity contribution in [3.8, 4) is 0 Å². The van der Waals surface area contributed by atoms with E-state index in [9.17, 15) is 4.79 Å². The first-order valence-corrected chi connectivity index (χ1v) is 7.54. The van der Waals surface area contributed by atoms with E-state index in [2.05, 4.69) is 15.5 Å². The van der Waals surface area contributed by atoms with Gasteiger partial charge in [-0.2, -0.15) is 5.10 Å². The van der Waals surface area contributed by atoms with Gasteiger partial charge in [-0.3, -0.25) is 9.36 Å². The van der Waals surface area contributed by atoms with Crippen LogP contribution in [0.2, 0.25) is 0 Å². The summed E-state index contributed by atoms with van der Waals surface area (Å²) in [5.74, 6) is 0.445. The van der Waals surface area contributed by atoms with Crippen LogP contribution in [0.25, 0.3) is 10.9 Å². The molecule has 0 fully saturated rings. The highest BCUT2D eigenvalue weighted by atomic mass is 16.1. The number of anilines is 1. The second-order valence-electron chi connectivity index (χ2n) is 5.29. The third-order valence-electron chi connectivity index (χ3n) is 3.60. The van der Waals surface area contributed by atoms with Crippen molar-refractivity contribution in [2.75, 3.05) is 5.43 Å². The summed E-state index contributed by atoms with van der Waals surface area (Å²) in [6.07, 6.45) is 1.72. The molecule has 23 heavy (non-hydrogen) atoms. The zero-order valence-corrected chi connectivity index (χ0v) is 13.2. The number of hydrogen-bond donors (Lipinski definition) is 1. The van der Waals surface area contributed by atoms with Gasteiger partial charge in [0.15, 0.2) is 0 Å². The van der Waals surface area contributed by atoms with Crippen molar-refractivity contribution in [1.82, 2.24) is 9.55 Å². The first-order valence-electron chi connectivity index (χ1n) is 7.54. The van der Waals surface area contributed by atoms with Crippen LogP contribution in [0.1, 0.15) is 18.1 Å². The topological polar surface area (TPSA) is 59.3 Å². The Morgan fingerprint density at radius 1 is 1.22 bits per heavy atom. The molecule has 3 rings (SSSR count). The number of aryl methyl sites for hydroxylation is 1. The molecule has 1 heterocycles. The number of fused-ring (bicyclic) bond motifs is 1. The minimum atomic E-state index is -0.0636. The summed E-state index contributed by atoms with van der Waals surface area (Å²) in [6, 6.07) is 15.3. The van der Waals surface area contributed by atoms with E-state index < -0.39 is 0 Å². The summed E-state index contributed by atoms with van der Waals surface area (Å²) in [6.45, 7) is 4.47. The lowest BCUT2D eigenvalue weighted by Gasteiger charge is -2.10. The molecule has 5 nitrogen and oxygen atoms in total. The number of aromatic nitrogens is 2. The van der Waals surface area contributed by atoms with Crippen LogP contribution in [-0.4, -0.2) is 15.8 Å². The van der Waals surface area contributed by atoms with E-state index in [-0.39, 0.29) is 5.56 Å². The van der Waals surface area contributed by atoms with Crippen molar-refractivity contribution in [3.05, 3.63) is 70.0 Å². The van der Waals surface area contributed by atoms with Crippen molar-refractivity contribution in [3.63, 3.8) is 0 Å². The average molecular weight is 306 g/mol. The quantitative estimate of drug-likeness (QED) is 0.595. The first kappa shape index (κ1) is 15.0. The smallest absolute Gasteiger partial charge is 0.262 e. The summed E-state index contributed by atoms with van der Waals surface area (Å²) in [7, 11) is 0. The lowest BCUT2D eigenvalue weighted by molar-refractivity contribution is 0.724. The normalized spacial score (nSPS) is 11.2. The van der Waals surface area contributed by atoms with Crippen LogP contribution in [0.15, 0.2) is 58.4 Å². The minimum Gasteiger partial charge on any atom is -0.277 e. The van der Waals surface area contributed by atoms with Gasteiger partial charge in [0, 0.05) is 6.54 Å². The number of benzene rings is 2. The second kappa shape index (κ2) is 6.44. The summed E-state index contributed by atoms with van der Waals surface area (Å²) in [4.78, 5) is 17.0. The molecule has 0 saturated carbocycles. The van der Waals surface area contributed by atoms with Gasteiger partial charge in [-0.05, 0) is 31.5 Å². The van der Waals surface area contributed by atoms with Crippen molar-refractivity contribution in [2.45, 2.75) is 20.4 Å². The summed E-state index contributed by atoms with van der Waals surface area (Å²) < 4.78 is 1.58. The Kier molecular flexibility index (Phi) is 4.19. The molecule has 0 atom stereocenters. The molecule has 0 radical (unpaired) electrons. The highest BCUT2D eigenvalue weighted by molar-refractivity contribution is 5.81. The highest BCUT2D eigenvalue weighted by Crippen LogP contribution is 2.11. The van der Waals surface area contributed by atoms with Crippen LogP contribution >= 0.6 is 0 Å². The van der Waals surface area contributed by atoms with E-state index in [0.29, 0.717) is 23.4 Å². The number of nitrogens with one attached hydrogen (secondary N) is 1. The van der Waals surface area contributed by atoms with Crippen LogP contribution < -0.4 is 11.0 Å². The Balaban J connectivity index is 1.95. The molecular weight excluding hydrogens is 288 g/mol. The SMILES string of the molecule is CCn1c(N/N=C\c2cccc(C)c2)nc2ccccc2c1=O. The lowest BCUT2D eigenvalue weighted by atomic mass is 10.2. The van der Waals surface area contributed by atoms with Gasteiger partial charge >= 0.3 is 0 Å². The van der Waals surface area contributed by atoms with Gasteiger partial charge in [-0.1, -0.05) is 42.0 Å². The lowest BCUT2D eigenvalue weighted by Crippen LogP contribution is -2.23. The fourth-order valence-electron chi connectivity index (χ4n) is 2.46. The molecular formula is C18H18N4O. The molecule has 116 valence electrons. The van der Waals surface area contributed by atoms with Crippen molar-refractivity contribution in [1.29, 1.82) is 0 Å². The Morgan fingerprint density at radius 3 is 2.83 bits per heavy atom. The molecule has 0 aliphatic heterocycles. The van der Waals surface area contributed by atoms with E-state index in [1.54, 1.807) is 16.8 Å². The molecule has 5 heteroatoms. The third kappa shape index (κ3) is 3.13. The molecule has 0 spiro atoms. The summed E-state index contributed by atoms with van der Waals surface area (Å²) >= 11 is 0. The van der Waals surface area contributed by atoms with E-state index in [4.69, 9.17) is 0 Å². The van der Waals surface area contributed by atoms with Gasteiger partial charge in [0.1, 0.15) is 0 Å². The molecule has 0 saturated heterocycles. The van der Waals surface area contributed by atoms with Gasteiger partial charge in [0.05, 0.1) is 17.1 Å². The standard InChI is InChI=1S/C18H18N4O/c1-3-22-17(23)15-9-4-5-10-16(15)20-18(22)21-19-12-14-8-6-7-13(2)11-14/h4-12H,3H2,1-2H3,(H,20,21)/b19-12-. The number of rotatable bonds is 4. The maximum Gasteiger partial charge on any atom is 0.262 e. The molecule has 1 N–H and O–H groups in total. The average Bonchev–Trinajstić information content (AvgIpc) is 2.55. The largest absolute Gasteiger partial charge is 0.277 e. The van der Waals surface area contributed by atoms with Crippen molar-refractivity contribution in [2.24, 2.45) is 5.10 Å². The fourth-order valence-corrected chi connectivity index (χ4v) is 2.46. The van der Waals surface area contributed by atoms with Gasteiger partial charge in [-0.15, -0.1) is 0 Å². The van der Waals surface area contributed by atoms with Gasteiger partial charge in [0.2, 0.25) is 5.95 Å². The van der Waals surface area contributed by atoms with Crippen molar-refractivity contribution < 1.29 is 0 Å². The maximum absolute atomic E-state index is 12.5. The zero-order chi connectivity index (χ0) is 16.2. The van der Waals surface area contributed by atoms with E-state index in [1.807, 2.05) is 56.3 Å². The molecule has 1 aromatic heterocycles. The van der Waals surface area contributed by atoms with Gasteiger partial charge in [-0.25, -0.2) is 10.4 Å². The van der Waals surface area contributed by atoms with Gasteiger partial charge < -0.3 is 0 Å². The van der Waals surface area contributed by atoms with E-state index in [1.165, 1.54) is 5.56 Å². The van der Waals surface area contributed by atoms with Crippen molar-refractivity contribution >= 4 is 23.1 Å². The third-order valence-corrected chi connectivity index (χ3v) is 3.60. The zero-order valence-electron chi connectivity index (χ0n) is 13.2. The van der Waals surface area contributed by atoms with Crippen LogP contribution in [0, 0.1) is 6.92 Å². The van der Waals surface area contributed by atoms with E-state index >= 15 is 0 Å². The minimum absolute atomic E-state index is 0.0636. The van der Waals surface area contributed by atoms with Crippen LogP contribution in [0.3, 0.4) is 0 Å². The first-order chi connectivity index (χ1) is 11.2. The Morgan fingerprint density at radius 2 is 2.04 bits per heavy atom. The molecule has 0 amide bonds. The summed E-state index contributed by atoms with van der Waals surface area (Å²) in [5.41, 5.74) is 5.64. The Bertz CT molecular complexity index is 928. The predicted octanol–water partition coefficient (Wildman–Crippen LogP) is 3.17. The monoisotopic (exact) mass is 306 g/mol. The van der Waals surface area contributed by atoms with Crippen LogP contribution in [-0.2, 0) is 6.54 Å². The highest BCUT2D eigenvalue weighted by Gasteiger charge is 2.08. The second-order valence-corrected chi connectivity index (χ2v) is 5.29. The van der Waals surface area contributed by atoms with Gasteiger partial charge in [0.25, 0.3) is 5.56 Å². The maximum atomic E-state index is 12.5. The molecule has 3 aromatic rings. The number of hydrazone groups is 1. The molecule has 2 aromatic carbocycles. The number of nitrogens with zero attached hydrogens (tertiary/aromatic N) is 3. The fraction of sp³-hybridized carbons (Fsp3) is 0.167. The van der Waals surface area contributed by atoms with E-state index in [0.717, 1.165) is 5.56 Å². The Labute approximate surface area is 134 Å². The molecule has 0 aliphatic rings. The summed E-state index contributed by atoms with van der Waals surface area (Å²) in [5, 5.41) is 4.83. The number of para-hydroxylation sites is 1.